The number of nitrogens with one attached hydrogen (secondary N) is 3. The zero-order chi connectivity index (χ0) is 25.2. The summed E-state index contributed by atoms with van der Waals surface area (Å²) in [5, 5.41) is 12.3. The van der Waals surface area contributed by atoms with Crippen LogP contribution in [0.2, 0.25) is 0 Å². The topological polar surface area (TPSA) is 127 Å². The predicted octanol–water partition coefficient (Wildman–Crippen LogP) is 2.17. The van der Waals surface area contributed by atoms with Crippen molar-refractivity contribution in [1.29, 1.82) is 0 Å². The van der Waals surface area contributed by atoms with Gasteiger partial charge >= 0.3 is 0 Å². The van der Waals surface area contributed by atoms with Crippen LogP contribution >= 0.6 is 11.8 Å². The van der Waals surface area contributed by atoms with Crippen molar-refractivity contribution in [3.8, 4) is 5.75 Å². The van der Waals surface area contributed by atoms with E-state index in [1.54, 1.807) is 17.3 Å². The van der Waals surface area contributed by atoms with Crippen molar-refractivity contribution < 1.29 is 23.5 Å². The molecular weight excluding hydrogens is 487 g/mol. The van der Waals surface area contributed by atoms with Crippen molar-refractivity contribution in [2.45, 2.75) is 13.0 Å². The molecule has 1 atom stereocenters. The van der Waals surface area contributed by atoms with Crippen molar-refractivity contribution in [3.05, 3.63) is 64.4 Å². The summed E-state index contributed by atoms with van der Waals surface area (Å²) in [5.74, 6) is 1.74. The Hall–Kier alpha value is -3.77. The molecule has 186 valence electrons. The molecule has 1 aliphatic heterocycles. The first kappa shape index (κ1) is 23.9. The molecule has 2 aromatic heterocycles. The zero-order valence-corrected chi connectivity index (χ0v) is 20.2. The Labute approximate surface area is 209 Å². The third kappa shape index (κ3) is 5.09. The van der Waals surface area contributed by atoms with E-state index in [-0.39, 0.29) is 29.5 Å². The second-order valence-corrected chi connectivity index (χ2v) is 9.40. The number of carbonyl (C=O) groups excluding carboxylic acids is 3. The van der Waals surface area contributed by atoms with Gasteiger partial charge in [0.1, 0.15) is 17.1 Å². The lowest BCUT2D eigenvalue weighted by molar-refractivity contribution is -0.118. The Bertz CT molecular complexity index is 1400. The number of benzene rings is 1. The normalized spacial score (nSPS) is 16.7. The lowest BCUT2D eigenvalue weighted by Crippen LogP contribution is -2.26. The maximum absolute atomic E-state index is 13.5. The van der Waals surface area contributed by atoms with Gasteiger partial charge in [-0.3, -0.25) is 14.4 Å². The molecule has 36 heavy (non-hydrogen) atoms. The van der Waals surface area contributed by atoms with E-state index in [1.165, 1.54) is 18.1 Å². The number of anilines is 1. The highest BCUT2D eigenvalue weighted by Crippen LogP contribution is 2.62. The lowest BCUT2D eigenvalue weighted by Gasteiger charge is -2.18. The Morgan fingerprint density at radius 2 is 2.22 bits per heavy atom. The van der Waals surface area contributed by atoms with E-state index in [2.05, 4.69) is 26.0 Å². The summed E-state index contributed by atoms with van der Waals surface area (Å²) in [6.07, 6.45) is 2.71. The van der Waals surface area contributed by atoms with Gasteiger partial charge in [0.2, 0.25) is 0 Å². The minimum atomic E-state index is -0.673. The van der Waals surface area contributed by atoms with Crippen LogP contribution in [-0.4, -0.2) is 58.0 Å². The molecule has 1 aromatic carbocycles. The predicted molar refractivity (Wildman–Crippen MR) is 132 cm³/mol. The number of fused-ring (bicyclic) bond motifs is 3. The maximum atomic E-state index is 13.5. The van der Waals surface area contributed by atoms with Gasteiger partial charge < -0.3 is 20.7 Å². The van der Waals surface area contributed by atoms with Gasteiger partial charge in [-0.05, 0) is 37.2 Å². The quantitative estimate of drug-likeness (QED) is 0.182. The van der Waals surface area contributed by atoms with Crippen molar-refractivity contribution in [3.63, 3.8) is 0 Å². The zero-order valence-electron chi connectivity index (χ0n) is 19.3. The highest BCUT2D eigenvalue weighted by molar-refractivity contribution is 7.99. The number of aldehydes is 1. The number of ether oxygens (including phenoxy) is 1. The molecule has 3 heterocycles. The van der Waals surface area contributed by atoms with Gasteiger partial charge in [0.05, 0.1) is 17.8 Å². The first-order valence-electron chi connectivity index (χ1n) is 11.3. The molecule has 3 aliphatic rings. The molecule has 2 aliphatic carbocycles. The summed E-state index contributed by atoms with van der Waals surface area (Å²) >= 11 is 1.62. The molecule has 0 spiro atoms. The average Bonchev–Trinajstić information content (AvgIpc) is 3.77. The van der Waals surface area contributed by atoms with Crippen molar-refractivity contribution in [1.82, 2.24) is 25.2 Å². The van der Waals surface area contributed by atoms with E-state index in [1.807, 2.05) is 25.2 Å². The summed E-state index contributed by atoms with van der Waals surface area (Å²) in [5.41, 5.74) is 4.93. The largest absolute Gasteiger partial charge is 0.482 e. The number of carbonyl (C=O) groups is 3. The van der Waals surface area contributed by atoms with E-state index in [0.29, 0.717) is 12.2 Å². The Morgan fingerprint density at radius 3 is 2.94 bits per heavy atom. The number of rotatable bonds is 8. The van der Waals surface area contributed by atoms with Crippen LogP contribution < -0.4 is 20.7 Å². The molecule has 0 saturated heterocycles. The Morgan fingerprint density at radius 1 is 1.39 bits per heavy atom. The molecule has 3 aromatic rings. The number of allylic oxidation sites excluding steroid dienone is 1. The van der Waals surface area contributed by atoms with Crippen LogP contribution in [0.25, 0.3) is 5.65 Å². The number of hydrogen-bond acceptors (Lipinski definition) is 8. The third-order valence-electron chi connectivity index (χ3n) is 5.89. The monoisotopic (exact) mass is 510 g/mol. The van der Waals surface area contributed by atoms with E-state index >= 15 is 0 Å². The Balaban J connectivity index is 0.000000165. The molecule has 0 bridgehead atoms. The van der Waals surface area contributed by atoms with Crippen molar-refractivity contribution >= 4 is 41.2 Å². The summed E-state index contributed by atoms with van der Waals surface area (Å²) in [7, 11) is 1.88. The average molecular weight is 511 g/mol. The van der Waals surface area contributed by atoms with E-state index in [0.717, 1.165) is 45.9 Å². The number of aromatic nitrogens is 3. The van der Waals surface area contributed by atoms with Gasteiger partial charge in [0, 0.05) is 18.2 Å². The standard InChI is InChI=1S/C14H11FN4O2S.C10H12N2O2/c15-11-3-17-19-12(1-7(4-20)18-13(11)19)14(21)16-6-22-5-10-8-2-9(8)10;1-11-5-7-2-3-9-8(4-7)12-10(13)6-14-9/h1,3-4,8H,2,5-6H2,(H,16,21);2-4,11H,5-6H2,1H3,(H,12,13). The molecule has 1 saturated carbocycles. The summed E-state index contributed by atoms with van der Waals surface area (Å²) in [6.45, 7) is 0.890. The van der Waals surface area contributed by atoms with Crippen LogP contribution in [0.3, 0.4) is 0 Å². The second-order valence-electron chi connectivity index (χ2n) is 8.42. The van der Waals surface area contributed by atoms with E-state index in [4.69, 9.17) is 4.74 Å². The molecule has 1 unspecified atom stereocenters. The van der Waals surface area contributed by atoms with Gasteiger partial charge in [0.15, 0.2) is 24.4 Å². The molecule has 2 amide bonds. The van der Waals surface area contributed by atoms with Gasteiger partial charge in [0.25, 0.3) is 11.8 Å². The van der Waals surface area contributed by atoms with Gasteiger partial charge in [-0.15, -0.1) is 11.8 Å². The minimum Gasteiger partial charge on any atom is -0.482 e. The molecule has 6 rings (SSSR count). The molecule has 3 N–H and O–H groups in total. The number of amides is 2. The second kappa shape index (κ2) is 10.1. The van der Waals surface area contributed by atoms with Crippen LogP contribution in [0.15, 0.2) is 41.6 Å². The minimum absolute atomic E-state index is 0.00488. The fourth-order valence-electron chi connectivity index (χ4n) is 3.84. The van der Waals surface area contributed by atoms with Crippen molar-refractivity contribution in [2.75, 3.05) is 30.6 Å². The van der Waals surface area contributed by atoms with Crippen LogP contribution in [0.1, 0.15) is 33.0 Å². The van der Waals surface area contributed by atoms with Crippen LogP contribution in [0.5, 0.6) is 5.75 Å². The van der Waals surface area contributed by atoms with Gasteiger partial charge in [-0.1, -0.05) is 17.2 Å². The maximum Gasteiger partial charge on any atom is 0.270 e. The van der Waals surface area contributed by atoms with Gasteiger partial charge in [-0.2, -0.15) is 5.10 Å². The summed E-state index contributed by atoms with van der Waals surface area (Å²) < 4.78 is 19.9. The first-order chi connectivity index (χ1) is 17.5. The van der Waals surface area contributed by atoms with Crippen LogP contribution in [0, 0.1) is 11.7 Å². The molecule has 0 radical (unpaired) electrons. The highest BCUT2D eigenvalue weighted by Gasteiger charge is 2.49. The van der Waals surface area contributed by atoms with Gasteiger partial charge in [-0.25, -0.2) is 13.9 Å². The fraction of sp³-hybridized carbons (Fsp3) is 0.292. The van der Waals surface area contributed by atoms with E-state index in [9.17, 15) is 18.8 Å². The fourth-order valence-corrected chi connectivity index (χ4v) is 4.79. The molecule has 1 fully saturated rings. The van der Waals surface area contributed by atoms with E-state index < -0.39 is 11.7 Å². The Kier molecular flexibility index (Phi) is 6.70. The number of halogens is 1. The summed E-state index contributed by atoms with van der Waals surface area (Å²) in [6, 6.07) is 7.07. The first-order valence-corrected chi connectivity index (χ1v) is 12.4. The molecule has 12 heteroatoms. The number of nitrogens with zero attached hydrogens (tertiary/aromatic N) is 3. The highest BCUT2D eigenvalue weighted by atomic mass is 32.2. The van der Waals surface area contributed by atoms with Crippen LogP contribution in [-0.2, 0) is 11.3 Å². The molecular formula is C24H23FN6O4S. The van der Waals surface area contributed by atoms with Crippen LogP contribution in [0.4, 0.5) is 10.1 Å². The molecule has 10 nitrogen and oxygen atoms in total. The number of hydrogen-bond donors (Lipinski definition) is 3. The number of thioether (sulfide) groups is 1. The SMILES string of the molecule is CNCc1ccc2c(c1)NC(=O)CO2.O=Cc1cc(C(=O)NCSCC2=C3CC23)n2ncc(F)c2n1. The third-order valence-corrected chi connectivity index (χ3v) is 6.75. The smallest absolute Gasteiger partial charge is 0.270 e. The van der Waals surface area contributed by atoms with Crippen molar-refractivity contribution in [2.24, 2.45) is 5.92 Å². The lowest BCUT2D eigenvalue weighted by atomic mass is 10.1. The summed E-state index contributed by atoms with van der Waals surface area (Å²) in [4.78, 5) is 37.9.